The third-order valence-corrected chi connectivity index (χ3v) is 3.93. The third-order valence-electron chi connectivity index (χ3n) is 3.93. The lowest BCUT2D eigenvalue weighted by Crippen LogP contribution is -2.49. The van der Waals surface area contributed by atoms with Crippen molar-refractivity contribution in [1.29, 1.82) is 0 Å². The van der Waals surface area contributed by atoms with Crippen molar-refractivity contribution in [3.05, 3.63) is 0 Å². The largest absolute Gasteiger partial charge is 0.330 e. The molecule has 2 fully saturated rings. The van der Waals surface area contributed by atoms with Gasteiger partial charge in [-0.2, -0.15) is 0 Å². The highest BCUT2D eigenvalue weighted by Crippen LogP contribution is 2.24. The van der Waals surface area contributed by atoms with E-state index in [1.165, 1.54) is 58.4 Å². The molecule has 0 spiro atoms. The van der Waals surface area contributed by atoms with Crippen LogP contribution in [0, 0.1) is 0 Å². The molecule has 2 aliphatic rings. The highest BCUT2D eigenvalue weighted by Gasteiger charge is 2.25. The molecule has 1 saturated carbocycles. The lowest BCUT2D eigenvalue weighted by atomic mass is 10.2. The zero-order valence-electron chi connectivity index (χ0n) is 9.83. The van der Waals surface area contributed by atoms with Crippen LogP contribution in [0.25, 0.3) is 0 Å². The smallest absolute Gasteiger partial charge is 0.0113 e. The summed E-state index contributed by atoms with van der Waals surface area (Å²) in [5, 5.41) is 0. The molecule has 0 atom stereocenters. The van der Waals surface area contributed by atoms with E-state index >= 15 is 0 Å². The molecule has 1 saturated heterocycles. The number of hydrogen-bond donors (Lipinski definition) is 1. The van der Waals surface area contributed by atoms with Gasteiger partial charge in [-0.25, -0.2) is 0 Å². The summed E-state index contributed by atoms with van der Waals surface area (Å²) in [4.78, 5) is 5.28. The Morgan fingerprint density at radius 3 is 2.27 bits per heavy atom. The number of nitrogens with two attached hydrogens (primary N) is 1. The Hall–Kier alpha value is -0.120. The van der Waals surface area contributed by atoms with Crippen LogP contribution in [-0.4, -0.2) is 55.1 Å². The van der Waals surface area contributed by atoms with Gasteiger partial charge in [-0.15, -0.1) is 0 Å². The van der Waals surface area contributed by atoms with Gasteiger partial charge in [0.05, 0.1) is 0 Å². The van der Waals surface area contributed by atoms with E-state index in [1.807, 2.05) is 0 Å². The lowest BCUT2D eigenvalue weighted by molar-refractivity contribution is 0.0976. The molecule has 0 aromatic rings. The van der Waals surface area contributed by atoms with Crippen molar-refractivity contribution in [2.75, 3.05) is 39.3 Å². The molecule has 3 heteroatoms. The van der Waals surface area contributed by atoms with E-state index in [-0.39, 0.29) is 0 Å². The van der Waals surface area contributed by atoms with Crippen molar-refractivity contribution in [3.63, 3.8) is 0 Å². The van der Waals surface area contributed by atoms with E-state index in [2.05, 4.69) is 9.80 Å². The Morgan fingerprint density at radius 2 is 1.67 bits per heavy atom. The standard InChI is InChI=1S/C12H25N3/c13-6-3-7-14-8-10-15(11-9-14)12-4-1-2-5-12/h12H,1-11,13H2. The number of hydrogen-bond acceptors (Lipinski definition) is 3. The highest BCUT2D eigenvalue weighted by molar-refractivity contribution is 4.81. The van der Waals surface area contributed by atoms with Gasteiger partial charge in [-0.1, -0.05) is 12.8 Å². The number of piperazine rings is 1. The van der Waals surface area contributed by atoms with E-state index in [0.717, 1.165) is 19.0 Å². The zero-order chi connectivity index (χ0) is 10.5. The minimum absolute atomic E-state index is 0.836. The molecule has 88 valence electrons. The van der Waals surface area contributed by atoms with Crippen LogP contribution in [0.5, 0.6) is 0 Å². The fourth-order valence-corrected chi connectivity index (χ4v) is 2.94. The van der Waals surface area contributed by atoms with Crippen molar-refractivity contribution in [2.45, 2.75) is 38.1 Å². The first-order valence-electron chi connectivity index (χ1n) is 6.56. The summed E-state index contributed by atoms with van der Waals surface area (Å²) in [6.07, 6.45) is 6.96. The molecule has 0 amide bonds. The zero-order valence-corrected chi connectivity index (χ0v) is 9.83. The predicted molar refractivity (Wildman–Crippen MR) is 63.9 cm³/mol. The molecule has 0 radical (unpaired) electrons. The molecule has 0 aromatic heterocycles. The van der Waals surface area contributed by atoms with Crippen molar-refractivity contribution in [2.24, 2.45) is 5.73 Å². The quantitative estimate of drug-likeness (QED) is 0.750. The van der Waals surface area contributed by atoms with Crippen LogP contribution >= 0.6 is 0 Å². The summed E-state index contributed by atoms with van der Waals surface area (Å²) in [5.74, 6) is 0. The monoisotopic (exact) mass is 211 g/mol. The van der Waals surface area contributed by atoms with Crippen molar-refractivity contribution in [1.82, 2.24) is 9.80 Å². The fourth-order valence-electron chi connectivity index (χ4n) is 2.94. The van der Waals surface area contributed by atoms with E-state index < -0.39 is 0 Å². The first-order chi connectivity index (χ1) is 7.40. The van der Waals surface area contributed by atoms with Crippen LogP contribution in [0.4, 0.5) is 0 Å². The van der Waals surface area contributed by atoms with Crippen LogP contribution < -0.4 is 5.73 Å². The second-order valence-corrected chi connectivity index (χ2v) is 4.96. The molecule has 1 heterocycles. The molecule has 1 aliphatic carbocycles. The van der Waals surface area contributed by atoms with E-state index in [0.29, 0.717) is 0 Å². The summed E-state index contributed by atoms with van der Waals surface area (Å²) >= 11 is 0. The maximum Gasteiger partial charge on any atom is 0.0113 e. The van der Waals surface area contributed by atoms with Gasteiger partial charge in [0.2, 0.25) is 0 Å². The van der Waals surface area contributed by atoms with Crippen molar-refractivity contribution in [3.8, 4) is 0 Å². The third kappa shape index (κ3) is 3.16. The van der Waals surface area contributed by atoms with Gasteiger partial charge in [-0.3, -0.25) is 4.90 Å². The molecule has 15 heavy (non-hydrogen) atoms. The molecular formula is C12H25N3. The average molecular weight is 211 g/mol. The Balaban J connectivity index is 1.67. The van der Waals surface area contributed by atoms with E-state index in [9.17, 15) is 0 Å². The maximum atomic E-state index is 5.54. The van der Waals surface area contributed by atoms with E-state index in [4.69, 9.17) is 5.73 Å². The van der Waals surface area contributed by atoms with Gasteiger partial charge in [0.25, 0.3) is 0 Å². The highest BCUT2D eigenvalue weighted by atomic mass is 15.3. The summed E-state index contributed by atoms with van der Waals surface area (Å²) < 4.78 is 0. The molecule has 1 aliphatic heterocycles. The molecule has 0 bridgehead atoms. The van der Waals surface area contributed by atoms with Crippen LogP contribution in [-0.2, 0) is 0 Å². The summed E-state index contributed by atoms with van der Waals surface area (Å²) in [5.41, 5.74) is 5.54. The molecule has 2 rings (SSSR count). The van der Waals surface area contributed by atoms with Gasteiger partial charge in [-0.05, 0) is 32.4 Å². The van der Waals surface area contributed by atoms with Gasteiger partial charge < -0.3 is 10.6 Å². The first-order valence-corrected chi connectivity index (χ1v) is 6.56. The van der Waals surface area contributed by atoms with Crippen molar-refractivity contribution < 1.29 is 0 Å². The van der Waals surface area contributed by atoms with Crippen LogP contribution in [0.1, 0.15) is 32.1 Å². The molecule has 0 aromatic carbocycles. The minimum atomic E-state index is 0.836. The topological polar surface area (TPSA) is 32.5 Å². The Kier molecular flexibility index (Phi) is 4.42. The molecular weight excluding hydrogens is 186 g/mol. The summed E-state index contributed by atoms with van der Waals surface area (Å²) in [6.45, 7) is 7.13. The number of rotatable bonds is 4. The normalized spacial score (nSPS) is 26.2. The Morgan fingerprint density at radius 1 is 1.00 bits per heavy atom. The van der Waals surface area contributed by atoms with Crippen LogP contribution in [0.3, 0.4) is 0 Å². The maximum absolute atomic E-state index is 5.54. The number of nitrogens with zero attached hydrogens (tertiary/aromatic N) is 2. The molecule has 2 N–H and O–H groups in total. The Bertz CT molecular complexity index is 170. The average Bonchev–Trinajstić information content (AvgIpc) is 2.80. The summed E-state index contributed by atoms with van der Waals surface area (Å²) in [7, 11) is 0. The van der Waals surface area contributed by atoms with Gasteiger partial charge >= 0.3 is 0 Å². The second kappa shape index (κ2) is 5.83. The first kappa shape index (κ1) is 11.4. The van der Waals surface area contributed by atoms with Crippen LogP contribution in [0.15, 0.2) is 0 Å². The van der Waals surface area contributed by atoms with Crippen LogP contribution in [0.2, 0.25) is 0 Å². The lowest BCUT2D eigenvalue weighted by Gasteiger charge is -2.38. The SMILES string of the molecule is NCCCN1CCN(C2CCCC2)CC1. The van der Waals surface area contributed by atoms with Gasteiger partial charge in [0.1, 0.15) is 0 Å². The van der Waals surface area contributed by atoms with Gasteiger partial charge in [0, 0.05) is 32.2 Å². The Labute approximate surface area is 93.6 Å². The summed E-state index contributed by atoms with van der Waals surface area (Å²) in [6, 6.07) is 0.918. The predicted octanol–water partition coefficient (Wildman–Crippen LogP) is 0.895. The fraction of sp³-hybridized carbons (Fsp3) is 1.00. The minimum Gasteiger partial charge on any atom is -0.330 e. The van der Waals surface area contributed by atoms with E-state index in [1.54, 1.807) is 0 Å². The molecule has 0 unspecified atom stereocenters. The second-order valence-electron chi connectivity index (χ2n) is 4.96. The van der Waals surface area contributed by atoms with Crippen molar-refractivity contribution >= 4 is 0 Å². The van der Waals surface area contributed by atoms with Gasteiger partial charge in [0.15, 0.2) is 0 Å². The molecule has 3 nitrogen and oxygen atoms in total.